The van der Waals surface area contributed by atoms with Gasteiger partial charge >= 0.3 is 0 Å². The van der Waals surface area contributed by atoms with Crippen molar-refractivity contribution in [3.05, 3.63) is 59.2 Å². The molecule has 0 unspecified atom stereocenters. The first-order valence-corrected chi connectivity index (χ1v) is 9.93. The van der Waals surface area contributed by atoms with Crippen molar-refractivity contribution in [3.63, 3.8) is 0 Å². The number of amides is 1. The fourth-order valence-corrected chi connectivity index (χ4v) is 4.65. The molecule has 1 amide bonds. The normalized spacial score (nSPS) is 22.2. The van der Waals surface area contributed by atoms with E-state index in [1.165, 1.54) is 16.8 Å². The molecule has 2 heterocycles. The molecular formula is C24H28N2O3. The molecule has 29 heavy (non-hydrogen) atoms. The summed E-state index contributed by atoms with van der Waals surface area (Å²) in [4.78, 5) is 14.9. The molecule has 4 rings (SSSR count). The van der Waals surface area contributed by atoms with E-state index in [0.717, 1.165) is 17.1 Å². The van der Waals surface area contributed by atoms with Crippen molar-refractivity contribution in [2.24, 2.45) is 0 Å². The molecule has 0 spiro atoms. The van der Waals surface area contributed by atoms with Crippen LogP contribution >= 0.6 is 0 Å². The number of benzene rings is 2. The predicted molar refractivity (Wildman–Crippen MR) is 116 cm³/mol. The van der Waals surface area contributed by atoms with Crippen LogP contribution < -0.4 is 19.7 Å². The molecule has 1 N–H and O–H groups in total. The summed E-state index contributed by atoms with van der Waals surface area (Å²) in [5.74, 6) is 1.59. The van der Waals surface area contributed by atoms with Gasteiger partial charge in [0.1, 0.15) is 17.2 Å². The number of carbonyl (C=O) groups excluding carboxylic acids is 1. The summed E-state index contributed by atoms with van der Waals surface area (Å²) in [6.07, 6.45) is 4.62. The maximum absolute atomic E-state index is 12.5. The van der Waals surface area contributed by atoms with Gasteiger partial charge in [-0.3, -0.25) is 4.79 Å². The maximum atomic E-state index is 12.5. The largest absolute Gasteiger partial charge is 0.497 e. The molecule has 2 aliphatic rings. The highest BCUT2D eigenvalue weighted by atomic mass is 16.5. The zero-order valence-electron chi connectivity index (χ0n) is 17.7. The maximum Gasteiger partial charge on any atom is 0.223 e. The minimum atomic E-state index is -0.646. The van der Waals surface area contributed by atoms with Crippen LogP contribution in [0, 0.1) is 6.92 Å². The molecule has 0 radical (unpaired) electrons. The minimum Gasteiger partial charge on any atom is -0.497 e. The SMILES string of the molecule is COc1ccc(OC)c(C=C[C@@]23NC(=O)CCN2c2ccc(C)cc2C3(C)C)c1. The van der Waals surface area contributed by atoms with Gasteiger partial charge in [0, 0.05) is 29.6 Å². The van der Waals surface area contributed by atoms with Crippen molar-refractivity contribution < 1.29 is 14.3 Å². The highest BCUT2D eigenvalue weighted by molar-refractivity contribution is 5.85. The Hall–Kier alpha value is -2.95. The van der Waals surface area contributed by atoms with Gasteiger partial charge in [-0.15, -0.1) is 0 Å². The standard InChI is InChI=1S/C24H28N2O3/c1-16-6-8-20-19(14-16)23(2,3)24(25-22(27)11-13-26(20)24)12-10-17-15-18(28-4)7-9-21(17)29-5/h6-10,12,14-15H,11,13H2,1-5H3,(H,25,27)/t24-/m1/s1. The van der Waals surface area contributed by atoms with Crippen LogP contribution in [-0.2, 0) is 10.2 Å². The van der Waals surface area contributed by atoms with Gasteiger partial charge in [-0.2, -0.15) is 0 Å². The summed E-state index contributed by atoms with van der Waals surface area (Å²) >= 11 is 0. The molecule has 1 saturated heterocycles. The van der Waals surface area contributed by atoms with E-state index in [-0.39, 0.29) is 11.3 Å². The Morgan fingerprint density at radius 3 is 2.62 bits per heavy atom. The Kier molecular flexibility index (Phi) is 4.56. The number of nitrogens with one attached hydrogen (secondary N) is 1. The Bertz CT molecular complexity index is 996. The monoisotopic (exact) mass is 392 g/mol. The van der Waals surface area contributed by atoms with Crippen LogP contribution in [0.4, 0.5) is 5.69 Å². The Morgan fingerprint density at radius 2 is 1.90 bits per heavy atom. The molecule has 0 aliphatic carbocycles. The summed E-state index contributed by atoms with van der Waals surface area (Å²) in [7, 11) is 3.31. The molecule has 5 heteroatoms. The average molecular weight is 392 g/mol. The molecule has 2 aromatic rings. The fourth-order valence-electron chi connectivity index (χ4n) is 4.65. The highest BCUT2D eigenvalue weighted by Gasteiger charge is 2.57. The third kappa shape index (κ3) is 2.87. The second-order valence-electron chi connectivity index (χ2n) is 8.30. The number of aryl methyl sites for hydroxylation is 1. The lowest BCUT2D eigenvalue weighted by molar-refractivity contribution is -0.124. The molecule has 2 aromatic carbocycles. The van der Waals surface area contributed by atoms with Crippen molar-refractivity contribution >= 4 is 17.7 Å². The Morgan fingerprint density at radius 1 is 1.10 bits per heavy atom. The third-order valence-corrected chi connectivity index (χ3v) is 6.33. The summed E-state index contributed by atoms with van der Waals surface area (Å²) in [6, 6.07) is 12.3. The third-order valence-electron chi connectivity index (χ3n) is 6.33. The number of hydrogen-bond acceptors (Lipinski definition) is 4. The molecule has 0 aromatic heterocycles. The molecule has 152 valence electrons. The lowest BCUT2D eigenvalue weighted by atomic mass is 9.74. The van der Waals surface area contributed by atoms with E-state index >= 15 is 0 Å². The summed E-state index contributed by atoms with van der Waals surface area (Å²) < 4.78 is 10.9. The van der Waals surface area contributed by atoms with Gasteiger partial charge in [-0.1, -0.05) is 37.6 Å². The van der Waals surface area contributed by atoms with Crippen LogP contribution in [0.1, 0.15) is 37.0 Å². The smallest absolute Gasteiger partial charge is 0.223 e. The van der Waals surface area contributed by atoms with E-state index in [0.29, 0.717) is 13.0 Å². The number of rotatable bonds is 4. The zero-order valence-corrected chi connectivity index (χ0v) is 17.7. The number of hydrogen-bond donors (Lipinski definition) is 1. The van der Waals surface area contributed by atoms with Gasteiger partial charge in [0.05, 0.1) is 14.2 Å². The molecule has 1 fully saturated rings. The van der Waals surface area contributed by atoms with E-state index in [1.807, 2.05) is 24.3 Å². The molecule has 2 aliphatic heterocycles. The molecule has 5 nitrogen and oxygen atoms in total. The van der Waals surface area contributed by atoms with E-state index in [9.17, 15) is 4.79 Å². The number of carbonyl (C=O) groups is 1. The molecule has 0 bridgehead atoms. The molecule has 1 atom stereocenters. The predicted octanol–water partition coefficient (Wildman–Crippen LogP) is 4.04. The second-order valence-corrected chi connectivity index (χ2v) is 8.30. The lowest BCUT2D eigenvalue weighted by Crippen LogP contribution is -2.68. The first kappa shape index (κ1) is 19.4. The van der Waals surface area contributed by atoms with Crippen molar-refractivity contribution in [1.82, 2.24) is 5.32 Å². The number of ether oxygens (including phenoxy) is 2. The van der Waals surface area contributed by atoms with E-state index in [4.69, 9.17) is 9.47 Å². The number of anilines is 1. The summed E-state index contributed by atoms with van der Waals surface area (Å²) in [6.45, 7) is 7.19. The van der Waals surface area contributed by atoms with Crippen molar-refractivity contribution in [1.29, 1.82) is 0 Å². The van der Waals surface area contributed by atoms with Gasteiger partial charge in [0.2, 0.25) is 5.91 Å². The van der Waals surface area contributed by atoms with Gasteiger partial charge in [-0.25, -0.2) is 0 Å². The van der Waals surface area contributed by atoms with E-state index < -0.39 is 5.66 Å². The van der Waals surface area contributed by atoms with Crippen LogP contribution in [0.3, 0.4) is 0 Å². The van der Waals surface area contributed by atoms with Crippen molar-refractivity contribution in [2.45, 2.75) is 38.3 Å². The quantitative estimate of drug-likeness (QED) is 0.853. The van der Waals surface area contributed by atoms with E-state index in [1.54, 1.807) is 14.2 Å². The van der Waals surface area contributed by atoms with Crippen molar-refractivity contribution in [2.75, 3.05) is 25.7 Å². The minimum absolute atomic E-state index is 0.0705. The molecule has 0 saturated carbocycles. The van der Waals surface area contributed by atoms with Gasteiger partial charge in [0.25, 0.3) is 0 Å². The number of methoxy groups -OCH3 is 2. The van der Waals surface area contributed by atoms with Crippen LogP contribution in [0.5, 0.6) is 11.5 Å². The van der Waals surface area contributed by atoms with E-state index in [2.05, 4.69) is 55.3 Å². The number of fused-ring (bicyclic) bond motifs is 3. The van der Waals surface area contributed by atoms with Crippen LogP contribution in [-0.4, -0.2) is 32.3 Å². The van der Waals surface area contributed by atoms with Crippen LogP contribution in [0.25, 0.3) is 6.08 Å². The highest BCUT2D eigenvalue weighted by Crippen LogP contribution is 2.52. The van der Waals surface area contributed by atoms with Crippen LogP contribution in [0.2, 0.25) is 0 Å². The number of nitrogens with zero attached hydrogens (tertiary/aromatic N) is 1. The average Bonchev–Trinajstić information content (AvgIpc) is 2.89. The fraction of sp³-hybridized carbons (Fsp3) is 0.375. The van der Waals surface area contributed by atoms with Crippen LogP contribution in [0.15, 0.2) is 42.5 Å². The van der Waals surface area contributed by atoms with Gasteiger partial charge < -0.3 is 19.7 Å². The first-order chi connectivity index (χ1) is 13.8. The summed E-state index contributed by atoms with van der Waals surface area (Å²) in [5, 5.41) is 3.31. The first-order valence-electron chi connectivity index (χ1n) is 9.93. The van der Waals surface area contributed by atoms with Crippen molar-refractivity contribution in [3.8, 4) is 11.5 Å². The Balaban J connectivity index is 1.86. The van der Waals surface area contributed by atoms with Gasteiger partial charge in [0.15, 0.2) is 0 Å². The summed E-state index contributed by atoms with van der Waals surface area (Å²) in [5.41, 5.74) is 3.60. The molecular weight excluding hydrogens is 364 g/mol. The second kappa shape index (κ2) is 6.83. The topological polar surface area (TPSA) is 50.8 Å². The zero-order chi connectivity index (χ0) is 20.8. The Labute approximate surface area is 172 Å². The lowest BCUT2D eigenvalue weighted by Gasteiger charge is -2.49. The van der Waals surface area contributed by atoms with Gasteiger partial charge in [-0.05, 0) is 42.8 Å².